The van der Waals surface area contributed by atoms with Crippen molar-refractivity contribution in [1.82, 2.24) is 4.57 Å². The van der Waals surface area contributed by atoms with E-state index in [1.807, 2.05) is 0 Å². The lowest BCUT2D eigenvalue weighted by Crippen LogP contribution is -2.16. The Bertz CT molecular complexity index is 657. The van der Waals surface area contributed by atoms with Crippen molar-refractivity contribution in [3.63, 3.8) is 0 Å². The van der Waals surface area contributed by atoms with Crippen LogP contribution in [0.4, 0.5) is 4.39 Å². The molecular formula is C14H14FNO. The quantitative estimate of drug-likeness (QED) is 0.739. The first kappa shape index (κ1) is 10.5. The monoisotopic (exact) mass is 231 g/mol. The first-order valence-electron chi connectivity index (χ1n) is 6.06. The lowest BCUT2D eigenvalue weighted by molar-refractivity contribution is 0.628. The van der Waals surface area contributed by atoms with Gasteiger partial charge in [-0.1, -0.05) is 0 Å². The molecule has 17 heavy (non-hydrogen) atoms. The minimum atomic E-state index is -0.338. The molecule has 0 aliphatic heterocycles. The van der Waals surface area contributed by atoms with Crippen LogP contribution in [0.2, 0.25) is 0 Å². The Morgan fingerprint density at radius 1 is 1.35 bits per heavy atom. The maximum atomic E-state index is 13.3. The van der Waals surface area contributed by atoms with Gasteiger partial charge in [0.05, 0.1) is 5.52 Å². The lowest BCUT2D eigenvalue weighted by atomic mass is 10.1. The van der Waals surface area contributed by atoms with Gasteiger partial charge in [0, 0.05) is 23.2 Å². The number of aryl methyl sites for hydroxylation is 1. The van der Waals surface area contributed by atoms with Gasteiger partial charge in [-0.3, -0.25) is 4.79 Å². The van der Waals surface area contributed by atoms with Gasteiger partial charge < -0.3 is 4.57 Å². The van der Waals surface area contributed by atoms with Gasteiger partial charge in [0.15, 0.2) is 5.43 Å². The highest BCUT2D eigenvalue weighted by Crippen LogP contribution is 2.24. The van der Waals surface area contributed by atoms with Gasteiger partial charge in [0.1, 0.15) is 5.82 Å². The first-order chi connectivity index (χ1) is 8.22. The number of hydrogen-bond acceptors (Lipinski definition) is 1. The van der Waals surface area contributed by atoms with Gasteiger partial charge in [0.2, 0.25) is 0 Å². The molecule has 0 bridgehead atoms. The zero-order valence-electron chi connectivity index (χ0n) is 9.79. The molecule has 0 saturated carbocycles. The highest BCUT2D eigenvalue weighted by atomic mass is 19.1. The molecule has 0 N–H and O–H groups in total. The molecule has 0 spiro atoms. The topological polar surface area (TPSA) is 22.0 Å². The van der Waals surface area contributed by atoms with Crippen LogP contribution in [0.25, 0.3) is 10.9 Å². The Labute approximate surface area is 98.7 Å². The van der Waals surface area contributed by atoms with E-state index in [9.17, 15) is 9.18 Å². The summed E-state index contributed by atoms with van der Waals surface area (Å²) < 4.78 is 15.4. The van der Waals surface area contributed by atoms with E-state index in [2.05, 4.69) is 11.5 Å². The second-order valence-electron chi connectivity index (χ2n) is 4.51. The molecule has 2 aromatic rings. The van der Waals surface area contributed by atoms with E-state index in [4.69, 9.17) is 0 Å². The molecule has 0 fully saturated rings. The number of hydrogen-bond donors (Lipinski definition) is 0. The van der Waals surface area contributed by atoms with Crippen LogP contribution in [0.5, 0.6) is 0 Å². The van der Waals surface area contributed by atoms with Crippen molar-refractivity contribution in [2.24, 2.45) is 0 Å². The summed E-state index contributed by atoms with van der Waals surface area (Å²) in [5.41, 5.74) is 2.93. The summed E-state index contributed by atoms with van der Waals surface area (Å²) >= 11 is 0. The van der Waals surface area contributed by atoms with E-state index < -0.39 is 0 Å². The Morgan fingerprint density at radius 2 is 2.18 bits per heavy atom. The number of benzene rings is 1. The minimum absolute atomic E-state index is 0.0247. The molecule has 0 saturated heterocycles. The standard InChI is InChI=1S/C14H14FNO/c1-2-16-12-5-3-4-10(12)14(17)11-8-9(15)6-7-13(11)16/h6-8H,2-5H2,1H3. The van der Waals surface area contributed by atoms with Crippen LogP contribution >= 0.6 is 0 Å². The molecule has 1 aromatic heterocycles. The van der Waals surface area contributed by atoms with Crippen LogP contribution in [0, 0.1) is 5.82 Å². The molecule has 88 valence electrons. The number of rotatable bonds is 1. The Balaban J connectivity index is 2.51. The fourth-order valence-electron chi connectivity index (χ4n) is 2.86. The molecule has 1 aromatic carbocycles. The van der Waals surface area contributed by atoms with Gasteiger partial charge in [-0.25, -0.2) is 4.39 Å². The molecule has 0 unspecified atom stereocenters. The molecular weight excluding hydrogens is 217 g/mol. The van der Waals surface area contributed by atoms with Gasteiger partial charge in [0.25, 0.3) is 0 Å². The molecule has 0 atom stereocenters. The fourth-order valence-corrected chi connectivity index (χ4v) is 2.86. The number of fused-ring (bicyclic) bond motifs is 2. The molecule has 1 heterocycles. The number of pyridine rings is 1. The zero-order valence-corrected chi connectivity index (χ0v) is 9.79. The lowest BCUT2D eigenvalue weighted by Gasteiger charge is -2.14. The number of nitrogens with zero attached hydrogens (tertiary/aromatic N) is 1. The molecule has 0 amide bonds. The van der Waals surface area contributed by atoms with E-state index >= 15 is 0 Å². The van der Waals surface area contributed by atoms with Gasteiger partial charge in [-0.05, 0) is 44.4 Å². The average molecular weight is 231 g/mol. The van der Waals surface area contributed by atoms with Crippen LogP contribution in [0.3, 0.4) is 0 Å². The summed E-state index contributed by atoms with van der Waals surface area (Å²) in [6.07, 6.45) is 2.83. The fraction of sp³-hybridized carbons (Fsp3) is 0.357. The Kier molecular flexibility index (Phi) is 2.28. The average Bonchev–Trinajstić information content (AvgIpc) is 2.80. The molecule has 0 radical (unpaired) electrons. The normalized spacial score (nSPS) is 14.2. The summed E-state index contributed by atoms with van der Waals surface area (Å²) in [6, 6.07) is 4.51. The minimum Gasteiger partial charge on any atom is -0.344 e. The third kappa shape index (κ3) is 1.42. The summed E-state index contributed by atoms with van der Waals surface area (Å²) in [4.78, 5) is 12.3. The molecule has 3 rings (SSSR count). The Morgan fingerprint density at radius 3 is 2.94 bits per heavy atom. The molecule has 2 nitrogen and oxygen atoms in total. The van der Waals surface area contributed by atoms with E-state index in [0.29, 0.717) is 5.39 Å². The summed E-state index contributed by atoms with van der Waals surface area (Å²) in [5.74, 6) is -0.338. The summed E-state index contributed by atoms with van der Waals surface area (Å²) in [5, 5.41) is 0.521. The molecule has 1 aliphatic carbocycles. The predicted molar refractivity (Wildman–Crippen MR) is 65.9 cm³/mol. The van der Waals surface area contributed by atoms with Crippen molar-refractivity contribution < 1.29 is 4.39 Å². The zero-order chi connectivity index (χ0) is 12.0. The van der Waals surface area contributed by atoms with Crippen LogP contribution in [-0.2, 0) is 19.4 Å². The van der Waals surface area contributed by atoms with Crippen LogP contribution in [-0.4, -0.2) is 4.57 Å². The first-order valence-corrected chi connectivity index (χ1v) is 6.06. The van der Waals surface area contributed by atoms with E-state index in [1.54, 1.807) is 6.07 Å². The van der Waals surface area contributed by atoms with Crippen LogP contribution < -0.4 is 5.43 Å². The van der Waals surface area contributed by atoms with Crippen molar-refractivity contribution in [1.29, 1.82) is 0 Å². The van der Waals surface area contributed by atoms with Crippen molar-refractivity contribution in [3.05, 3.63) is 45.5 Å². The van der Waals surface area contributed by atoms with E-state index in [-0.39, 0.29) is 11.2 Å². The van der Waals surface area contributed by atoms with E-state index in [0.717, 1.165) is 42.6 Å². The van der Waals surface area contributed by atoms with Gasteiger partial charge in [-0.15, -0.1) is 0 Å². The number of halogens is 1. The highest BCUT2D eigenvalue weighted by molar-refractivity contribution is 5.80. The highest BCUT2D eigenvalue weighted by Gasteiger charge is 2.20. The Hall–Kier alpha value is -1.64. The molecule has 1 aliphatic rings. The maximum Gasteiger partial charge on any atom is 0.192 e. The van der Waals surface area contributed by atoms with E-state index in [1.165, 1.54) is 12.1 Å². The third-order valence-corrected chi connectivity index (χ3v) is 3.60. The van der Waals surface area contributed by atoms with Crippen molar-refractivity contribution in [2.75, 3.05) is 0 Å². The summed E-state index contributed by atoms with van der Waals surface area (Å²) in [6.45, 7) is 2.89. The second kappa shape index (κ2) is 3.69. The van der Waals surface area contributed by atoms with Gasteiger partial charge in [-0.2, -0.15) is 0 Å². The van der Waals surface area contributed by atoms with Gasteiger partial charge >= 0.3 is 0 Å². The van der Waals surface area contributed by atoms with Crippen LogP contribution in [0.15, 0.2) is 23.0 Å². The smallest absolute Gasteiger partial charge is 0.192 e. The predicted octanol–water partition coefficient (Wildman–Crippen LogP) is 2.65. The molecule has 3 heteroatoms. The second-order valence-corrected chi connectivity index (χ2v) is 4.51. The largest absolute Gasteiger partial charge is 0.344 e. The van der Waals surface area contributed by atoms with Crippen molar-refractivity contribution >= 4 is 10.9 Å². The SMILES string of the molecule is CCn1c2c(c(=O)c3cc(F)ccc31)CCC2. The number of aromatic nitrogens is 1. The van der Waals surface area contributed by atoms with Crippen molar-refractivity contribution in [3.8, 4) is 0 Å². The van der Waals surface area contributed by atoms with Crippen molar-refractivity contribution in [2.45, 2.75) is 32.7 Å². The summed E-state index contributed by atoms with van der Waals surface area (Å²) in [7, 11) is 0. The third-order valence-electron chi connectivity index (χ3n) is 3.60. The maximum absolute atomic E-state index is 13.3. The van der Waals surface area contributed by atoms with Crippen LogP contribution in [0.1, 0.15) is 24.6 Å².